The molecule has 26 heavy (non-hydrogen) atoms. The van der Waals surface area contributed by atoms with E-state index in [1.165, 1.54) is 35.0 Å². The lowest BCUT2D eigenvalue weighted by molar-refractivity contribution is 0.101. The molecule has 0 spiro atoms. The number of carbonyl (C=O) groups is 1. The highest BCUT2D eigenvalue weighted by molar-refractivity contribution is 7.92. The van der Waals surface area contributed by atoms with Crippen LogP contribution < -0.4 is 4.31 Å². The van der Waals surface area contributed by atoms with E-state index in [-0.39, 0.29) is 28.0 Å². The fourth-order valence-electron chi connectivity index (χ4n) is 3.43. The van der Waals surface area contributed by atoms with Crippen molar-refractivity contribution < 1.29 is 18.3 Å². The molecule has 0 aliphatic carbocycles. The molecule has 0 bridgehead atoms. The first-order valence-electron chi connectivity index (χ1n) is 8.76. The maximum atomic E-state index is 13.3. The smallest absolute Gasteiger partial charge is 0.264 e. The quantitative estimate of drug-likeness (QED) is 0.830. The fourth-order valence-corrected chi connectivity index (χ4v) is 5.18. The SMILES string of the molecule is CCc1ccc2c(c1)CC[C@@H](C)N2S(=O)(=O)c1ccc(O)c(C(C)=O)c1. The topological polar surface area (TPSA) is 74.7 Å². The van der Waals surface area contributed by atoms with Gasteiger partial charge < -0.3 is 5.11 Å². The van der Waals surface area contributed by atoms with E-state index in [2.05, 4.69) is 13.0 Å². The van der Waals surface area contributed by atoms with Crippen molar-refractivity contribution in [1.29, 1.82) is 0 Å². The zero-order valence-electron chi connectivity index (χ0n) is 15.2. The van der Waals surface area contributed by atoms with Gasteiger partial charge in [0.05, 0.1) is 16.1 Å². The number of nitrogens with zero attached hydrogens (tertiary/aromatic N) is 1. The number of sulfonamides is 1. The predicted molar refractivity (Wildman–Crippen MR) is 101 cm³/mol. The van der Waals surface area contributed by atoms with Gasteiger partial charge in [0.15, 0.2) is 5.78 Å². The van der Waals surface area contributed by atoms with Crippen LogP contribution in [0.2, 0.25) is 0 Å². The van der Waals surface area contributed by atoms with Crippen LogP contribution >= 0.6 is 0 Å². The second-order valence-electron chi connectivity index (χ2n) is 6.74. The summed E-state index contributed by atoms with van der Waals surface area (Å²) in [7, 11) is -3.85. The second-order valence-corrected chi connectivity index (χ2v) is 8.56. The van der Waals surface area contributed by atoms with Crippen molar-refractivity contribution in [2.75, 3.05) is 4.31 Å². The van der Waals surface area contributed by atoms with Crippen LogP contribution in [0.15, 0.2) is 41.3 Å². The number of carbonyl (C=O) groups excluding carboxylic acids is 1. The summed E-state index contributed by atoms with van der Waals surface area (Å²) >= 11 is 0. The lowest BCUT2D eigenvalue weighted by atomic mass is 9.96. The molecule has 0 saturated heterocycles. The molecule has 6 heteroatoms. The lowest BCUT2D eigenvalue weighted by Gasteiger charge is -2.36. The summed E-state index contributed by atoms with van der Waals surface area (Å²) in [6, 6.07) is 9.58. The van der Waals surface area contributed by atoms with Crippen LogP contribution in [0.5, 0.6) is 5.75 Å². The van der Waals surface area contributed by atoms with E-state index in [0.29, 0.717) is 5.69 Å². The first-order valence-corrected chi connectivity index (χ1v) is 10.2. The highest BCUT2D eigenvalue weighted by atomic mass is 32.2. The Labute approximate surface area is 154 Å². The van der Waals surface area contributed by atoms with Crippen molar-refractivity contribution in [1.82, 2.24) is 0 Å². The van der Waals surface area contributed by atoms with Gasteiger partial charge in [-0.1, -0.05) is 19.1 Å². The van der Waals surface area contributed by atoms with Crippen LogP contribution in [-0.4, -0.2) is 25.3 Å². The molecule has 5 nitrogen and oxygen atoms in total. The minimum absolute atomic E-state index is 0.0114. The molecule has 1 aliphatic heterocycles. The van der Waals surface area contributed by atoms with Gasteiger partial charge in [-0.3, -0.25) is 9.10 Å². The third-order valence-electron chi connectivity index (χ3n) is 4.93. The molecule has 3 rings (SSSR count). The number of phenolic OH excluding ortho intramolecular Hbond substituents is 1. The molecule has 0 fully saturated rings. The molecular formula is C20H23NO4S. The van der Waals surface area contributed by atoms with Crippen molar-refractivity contribution >= 4 is 21.5 Å². The highest BCUT2D eigenvalue weighted by Crippen LogP contribution is 2.36. The van der Waals surface area contributed by atoms with E-state index >= 15 is 0 Å². The second kappa shape index (κ2) is 6.76. The van der Waals surface area contributed by atoms with Crippen LogP contribution in [0.3, 0.4) is 0 Å². The molecule has 138 valence electrons. The van der Waals surface area contributed by atoms with E-state index in [0.717, 1.165) is 24.8 Å². The number of phenols is 1. The van der Waals surface area contributed by atoms with Gasteiger partial charge in [0.1, 0.15) is 5.75 Å². The molecule has 0 saturated carbocycles. The number of aryl methyl sites for hydroxylation is 2. The molecule has 1 heterocycles. The summed E-state index contributed by atoms with van der Waals surface area (Å²) in [5, 5.41) is 9.82. The minimum Gasteiger partial charge on any atom is -0.507 e. The maximum Gasteiger partial charge on any atom is 0.264 e. The van der Waals surface area contributed by atoms with Gasteiger partial charge in [-0.15, -0.1) is 0 Å². The molecule has 2 aromatic carbocycles. The highest BCUT2D eigenvalue weighted by Gasteiger charge is 2.34. The Kier molecular flexibility index (Phi) is 4.80. The van der Waals surface area contributed by atoms with Crippen molar-refractivity contribution in [3.05, 3.63) is 53.1 Å². The normalized spacial score (nSPS) is 17.0. The van der Waals surface area contributed by atoms with Crippen LogP contribution in [0.1, 0.15) is 48.7 Å². The molecule has 1 aliphatic rings. The van der Waals surface area contributed by atoms with Gasteiger partial charge in [0.2, 0.25) is 0 Å². The Morgan fingerprint density at radius 1 is 1.23 bits per heavy atom. The number of rotatable bonds is 4. The zero-order chi connectivity index (χ0) is 19.1. The van der Waals surface area contributed by atoms with Gasteiger partial charge in [0.25, 0.3) is 10.0 Å². The molecule has 1 atom stereocenters. The Balaban J connectivity index is 2.13. The van der Waals surface area contributed by atoms with Crippen LogP contribution in [0, 0.1) is 0 Å². The molecule has 1 N–H and O–H groups in total. The van der Waals surface area contributed by atoms with Crippen molar-refractivity contribution in [2.45, 2.75) is 51.0 Å². The number of ketones is 1. The van der Waals surface area contributed by atoms with Crippen molar-refractivity contribution in [3.8, 4) is 5.75 Å². The summed E-state index contributed by atoms with van der Waals surface area (Å²) in [4.78, 5) is 11.7. The summed E-state index contributed by atoms with van der Waals surface area (Å²) in [6.07, 6.45) is 2.47. The van der Waals surface area contributed by atoms with Gasteiger partial charge >= 0.3 is 0 Å². The first-order chi connectivity index (χ1) is 12.3. The number of aromatic hydroxyl groups is 1. The molecule has 0 unspecified atom stereocenters. The van der Waals surface area contributed by atoms with Crippen molar-refractivity contribution in [3.63, 3.8) is 0 Å². The number of fused-ring (bicyclic) bond motifs is 1. The minimum atomic E-state index is -3.85. The summed E-state index contributed by atoms with van der Waals surface area (Å²) in [5.41, 5.74) is 2.91. The van der Waals surface area contributed by atoms with Gasteiger partial charge in [-0.2, -0.15) is 0 Å². The standard InChI is InChI=1S/C20H23NO4S/c1-4-15-6-9-19-16(11-15)7-5-13(2)21(19)26(24,25)17-8-10-20(23)18(12-17)14(3)22/h6,8-13,23H,4-5,7H2,1-3H3/t13-/m1/s1. The zero-order valence-corrected chi connectivity index (χ0v) is 16.0. The monoisotopic (exact) mass is 373 g/mol. The average Bonchev–Trinajstić information content (AvgIpc) is 2.60. The van der Waals surface area contributed by atoms with E-state index < -0.39 is 10.0 Å². The van der Waals surface area contributed by atoms with Crippen LogP contribution in [0.25, 0.3) is 0 Å². The molecule has 0 aromatic heterocycles. The number of Topliss-reactive ketones (excluding diaryl/α,β-unsaturated/α-hetero) is 1. The fraction of sp³-hybridized carbons (Fsp3) is 0.350. The van der Waals surface area contributed by atoms with Gasteiger partial charge in [-0.25, -0.2) is 8.42 Å². The van der Waals surface area contributed by atoms with E-state index in [4.69, 9.17) is 0 Å². The molecule has 2 aromatic rings. The third-order valence-corrected chi connectivity index (χ3v) is 6.85. The predicted octanol–water partition coefficient (Wildman–Crippen LogP) is 3.69. The average molecular weight is 373 g/mol. The molecule has 0 amide bonds. The van der Waals surface area contributed by atoms with E-state index in [1.54, 1.807) is 0 Å². The third kappa shape index (κ3) is 3.09. The Morgan fingerprint density at radius 3 is 2.62 bits per heavy atom. The van der Waals surface area contributed by atoms with E-state index in [1.807, 2.05) is 19.1 Å². The number of hydrogen-bond acceptors (Lipinski definition) is 4. The Hall–Kier alpha value is -2.34. The maximum absolute atomic E-state index is 13.3. The largest absolute Gasteiger partial charge is 0.507 e. The summed E-state index contributed by atoms with van der Waals surface area (Å²) in [5.74, 6) is -0.588. The molecule has 0 radical (unpaired) electrons. The number of hydrogen-bond donors (Lipinski definition) is 1. The van der Waals surface area contributed by atoms with Crippen LogP contribution in [-0.2, 0) is 22.9 Å². The van der Waals surface area contributed by atoms with Crippen LogP contribution in [0.4, 0.5) is 5.69 Å². The summed E-state index contributed by atoms with van der Waals surface area (Å²) < 4.78 is 28.1. The first kappa shape index (κ1) is 18.5. The lowest BCUT2D eigenvalue weighted by Crippen LogP contribution is -2.42. The van der Waals surface area contributed by atoms with Crippen molar-refractivity contribution in [2.24, 2.45) is 0 Å². The number of anilines is 1. The summed E-state index contributed by atoms with van der Waals surface area (Å²) in [6.45, 7) is 5.26. The number of benzene rings is 2. The van der Waals surface area contributed by atoms with Gasteiger partial charge in [-0.05, 0) is 68.5 Å². The Morgan fingerprint density at radius 2 is 1.96 bits per heavy atom. The van der Waals surface area contributed by atoms with Gasteiger partial charge in [0, 0.05) is 6.04 Å². The Bertz CT molecular complexity index is 966. The molecular weight excluding hydrogens is 350 g/mol. The van der Waals surface area contributed by atoms with E-state index in [9.17, 15) is 18.3 Å².